The second kappa shape index (κ2) is 13.2. The van der Waals surface area contributed by atoms with Gasteiger partial charge in [-0.2, -0.15) is 0 Å². The molecular weight excluding hydrogens is 380 g/mol. The molecule has 1 fully saturated rings. The predicted octanol–water partition coefficient (Wildman–Crippen LogP) is 4.86. The largest absolute Gasteiger partial charge is 0.332 e. The van der Waals surface area contributed by atoms with Crippen LogP contribution in [0, 0.1) is 5.92 Å². The fraction of sp³-hybridized carbons (Fsp3) is 0.417. The summed E-state index contributed by atoms with van der Waals surface area (Å²) in [5.41, 5.74) is 1.67. The fourth-order valence-electron chi connectivity index (χ4n) is 3.46. The van der Waals surface area contributed by atoms with Crippen LogP contribution in [0.1, 0.15) is 49.4 Å². The molecule has 1 atom stereocenters. The predicted molar refractivity (Wildman–Crippen MR) is 123 cm³/mol. The van der Waals surface area contributed by atoms with E-state index in [2.05, 4.69) is 29.4 Å². The molecule has 29 heavy (non-hydrogen) atoms. The van der Waals surface area contributed by atoms with Gasteiger partial charge in [-0.15, -0.1) is 11.8 Å². The molecule has 1 aliphatic carbocycles. The molecule has 4 nitrogen and oxygen atoms in total. The number of thioether (sulfide) groups is 1. The molecule has 0 aliphatic heterocycles. The summed E-state index contributed by atoms with van der Waals surface area (Å²) < 4.78 is 0. The molecule has 1 saturated carbocycles. The topological polar surface area (TPSA) is 58.2 Å². The Morgan fingerprint density at radius 1 is 1.24 bits per heavy atom. The number of allylic oxidation sites excluding steroid dienone is 4. The van der Waals surface area contributed by atoms with Crippen molar-refractivity contribution in [3.8, 4) is 0 Å². The molecule has 2 N–H and O–H groups in total. The number of benzene rings is 1. The van der Waals surface area contributed by atoms with Crippen LogP contribution in [0.15, 0.2) is 66.8 Å². The average molecular weight is 413 g/mol. The summed E-state index contributed by atoms with van der Waals surface area (Å²) in [4.78, 5) is 23.9. The third-order valence-corrected chi connectivity index (χ3v) is 5.97. The number of hydrogen-bond acceptors (Lipinski definition) is 4. The molecule has 156 valence electrons. The number of carbonyl (C=O) groups excluding carboxylic acids is 2. The summed E-state index contributed by atoms with van der Waals surface area (Å²) in [6, 6.07) is 9.23. The molecule has 1 unspecified atom stereocenters. The Labute approximate surface area is 178 Å². The summed E-state index contributed by atoms with van der Waals surface area (Å²) in [6.07, 6.45) is 14.4. The SMILES string of the molecule is C=C/C=C\C(=C\CNC(NC(C)=O)SCC(=O)c1ccccc1)CC1CCCC1. The van der Waals surface area contributed by atoms with E-state index >= 15 is 0 Å². The summed E-state index contributed by atoms with van der Waals surface area (Å²) >= 11 is 1.40. The molecular formula is C24H32N2O2S. The highest BCUT2D eigenvalue weighted by Gasteiger charge is 2.16. The van der Waals surface area contributed by atoms with Crippen LogP contribution < -0.4 is 10.6 Å². The standard InChI is InChI=1S/C24H32N2O2S/c1-3-4-10-21(17-20-11-8-9-12-20)15-16-25-24(26-19(2)27)29-18-23(28)22-13-6-5-7-14-22/h3-7,10,13-15,20,24-25H,1,8-9,11-12,16-18H2,2H3,(H,26,27)/b10-4-,21-15-. The van der Waals surface area contributed by atoms with Crippen LogP contribution in [0.2, 0.25) is 0 Å². The maximum atomic E-state index is 12.3. The number of carbonyl (C=O) groups is 2. The Kier molecular flexibility index (Phi) is 10.5. The van der Waals surface area contributed by atoms with Gasteiger partial charge in [0.05, 0.1) is 5.75 Å². The quantitative estimate of drug-likeness (QED) is 0.292. The lowest BCUT2D eigenvalue weighted by atomic mass is 9.97. The summed E-state index contributed by atoms with van der Waals surface area (Å²) in [5.74, 6) is 1.000. The third kappa shape index (κ3) is 9.29. The van der Waals surface area contributed by atoms with Gasteiger partial charge in [-0.3, -0.25) is 14.9 Å². The first-order valence-electron chi connectivity index (χ1n) is 10.3. The maximum Gasteiger partial charge on any atom is 0.218 e. The van der Waals surface area contributed by atoms with Crippen molar-refractivity contribution in [1.82, 2.24) is 10.6 Å². The van der Waals surface area contributed by atoms with Gasteiger partial charge in [0.25, 0.3) is 0 Å². The van der Waals surface area contributed by atoms with Gasteiger partial charge >= 0.3 is 0 Å². The normalized spacial score (nSPS) is 16.1. The zero-order chi connectivity index (χ0) is 20.9. The zero-order valence-corrected chi connectivity index (χ0v) is 18.0. The van der Waals surface area contributed by atoms with Crippen LogP contribution in [0.25, 0.3) is 0 Å². The van der Waals surface area contributed by atoms with E-state index < -0.39 is 0 Å². The third-order valence-electron chi connectivity index (χ3n) is 4.92. The molecule has 2 rings (SSSR count). The van der Waals surface area contributed by atoms with Gasteiger partial charge in [0, 0.05) is 19.0 Å². The van der Waals surface area contributed by atoms with Gasteiger partial charge in [-0.1, -0.05) is 92.5 Å². The van der Waals surface area contributed by atoms with Gasteiger partial charge in [0.2, 0.25) is 5.91 Å². The lowest BCUT2D eigenvalue weighted by Crippen LogP contribution is -2.42. The van der Waals surface area contributed by atoms with Crippen LogP contribution in [0.3, 0.4) is 0 Å². The molecule has 1 amide bonds. The van der Waals surface area contributed by atoms with E-state index in [0.29, 0.717) is 17.9 Å². The molecule has 1 aromatic carbocycles. The van der Waals surface area contributed by atoms with Gasteiger partial charge in [0.15, 0.2) is 5.78 Å². The minimum atomic E-state index is -0.312. The van der Waals surface area contributed by atoms with E-state index in [1.165, 1.54) is 49.9 Å². The van der Waals surface area contributed by atoms with Crippen molar-refractivity contribution in [2.75, 3.05) is 12.3 Å². The number of Topliss-reactive ketones (excluding diaryl/α,β-unsaturated/α-hetero) is 1. The van der Waals surface area contributed by atoms with Crippen LogP contribution in [0.5, 0.6) is 0 Å². The highest BCUT2D eigenvalue weighted by atomic mass is 32.2. The Bertz CT molecular complexity index is 722. The molecule has 0 aromatic heterocycles. The Balaban J connectivity index is 1.90. The van der Waals surface area contributed by atoms with Crippen LogP contribution in [-0.2, 0) is 4.79 Å². The number of amides is 1. The summed E-state index contributed by atoms with van der Waals surface area (Å²) in [6.45, 7) is 5.87. The minimum Gasteiger partial charge on any atom is -0.332 e. The van der Waals surface area contributed by atoms with E-state index in [0.717, 1.165) is 12.3 Å². The average Bonchev–Trinajstić information content (AvgIpc) is 3.23. The number of rotatable bonds is 12. The molecule has 1 aliphatic rings. The van der Waals surface area contributed by atoms with Crippen molar-refractivity contribution in [2.24, 2.45) is 5.92 Å². The maximum absolute atomic E-state index is 12.3. The molecule has 0 heterocycles. The van der Waals surface area contributed by atoms with Crippen molar-refractivity contribution < 1.29 is 9.59 Å². The van der Waals surface area contributed by atoms with Crippen molar-refractivity contribution in [3.63, 3.8) is 0 Å². The van der Waals surface area contributed by atoms with E-state index in [-0.39, 0.29) is 17.2 Å². The van der Waals surface area contributed by atoms with E-state index in [1.807, 2.05) is 36.4 Å². The second-order valence-electron chi connectivity index (χ2n) is 7.32. The number of hydrogen-bond donors (Lipinski definition) is 2. The Hall–Kier alpha value is -2.11. The number of nitrogens with one attached hydrogen (secondary N) is 2. The van der Waals surface area contributed by atoms with Gasteiger partial charge in [-0.25, -0.2) is 0 Å². The highest BCUT2D eigenvalue weighted by molar-refractivity contribution is 8.00. The van der Waals surface area contributed by atoms with E-state index in [9.17, 15) is 9.59 Å². The summed E-state index contributed by atoms with van der Waals surface area (Å²) in [7, 11) is 0. The lowest BCUT2D eigenvalue weighted by Gasteiger charge is -2.18. The van der Waals surface area contributed by atoms with Crippen molar-refractivity contribution in [2.45, 2.75) is 44.5 Å². The van der Waals surface area contributed by atoms with Crippen LogP contribution in [-0.4, -0.2) is 29.5 Å². The molecule has 0 spiro atoms. The minimum absolute atomic E-state index is 0.0548. The fourth-order valence-corrected chi connectivity index (χ4v) is 4.41. The van der Waals surface area contributed by atoms with Crippen LogP contribution in [0.4, 0.5) is 0 Å². The zero-order valence-electron chi connectivity index (χ0n) is 17.2. The number of ketones is 1. The van der Waals surface area contributed by atoms with E-state index in [1.54, 1.807) is 6.08 Å². The Morgan fingerprint density at radius 3 is 2.62 bits per heavy atom. The first-order valence-corrected chi connectivity index (χ1v) is 11.3. The van der Waals surface area contributed by atoms with Crippen molar-refractivity contribution in [3.05, 3.63) is 72.4 Å². The van der Waals surface area contributed by atoms with Gasteiger partial charge < -0.3 is 5.32 Å². The lowest BCUT2D eigenvalue weighted by molar-refractivity contribution is -0.119. The first kappa shape index (κ1) is 23.2. The van der Waals surface area contributed by atoms with Crippen LogP contribution >= 0.6 is 11.8 Å². The molecule has 0 saturated heterocycles. The summed E-state index contributed by atoms with van der Waals surface area (Å²) in [5, 5.41) is 6.21. The van der Waals surface area contributed by atoms with Gasteiger partial charge in [0.1, 0.15) is 5.50 Å². The smallest absolute Gasteiger partial charge is 0.218 e. The van der Waals surface area contributed by atoms with E-state index in [4.69, 9.17) is 0 Å². The second-order valence-corrected chi connectivity index (χ2v) is 8.41. The molecule has 0 radical (unpaired) electrons. The monoisotopic (exact) mass is 412 g/mol. The molecule has 5 heteroatoms. The van der Waals surface area contributed by atoms with Crippen molar-refractivity contribution >= 4 is 23.5 Å². The van der Waals surface area contributed by atoms with Crippen molar-refractivity contribution in [1.29, 1.82) is 0 Å². The first-order chi connectivity index (χ1) is 14.1. The highest BCUT2D eigenvalue weighted by Crippen LogP contribution is 2.30. The Morgan fingerprint density at radius 2 is 1.97 bits per heavy atom. The molecule has 1 aromatic rings. The van der Waals surface area contributed by atoms with Gasteiger partial charge in [-0.05, 0) is 12.3 Å². The molecule has 0 bridgehead atoms.